The van der Waals surface area contributed by atoms with Gasteiger partial charge in [0, 0.05) is 19.6 Å². The molecule has 3 aromatic rings. The third-order valence-corrected chi connectivity index (χ3v) is 4.63. The van der Waals surface area contributed by atoms with Crippen molar-refractivity contribution in [3.63, 3.8) is 0 Å². The zero-order chi connectivity index (χ0) is 17.9. The van der Waals surface area contributed by atoms with Gasteiger partial charge in [-0.3, -0.25) is 0 Å². The van der Waals surface area contributed by atoms with Crippen molar-refractivity contribution in [3.8, 4) is 11.4 Å². The minimum absolute atomic E-state index is 0.252. The Morgan fingerprint density at radius 3 is 2.81 bits per heavy atom. The number of ether oxygens (including phenoxy) is 2. The Bertz CT molecular complexity index is 885. The molecule has 1 atom stereocenters. The van der Waals surface area contributed by atoms with Crippen LogP contribution in [-0.2, 0) is 11.2 Å². The highest BCUT2D eigenvalue weighted by Crippen LogP contribution is 2.24. The van der Waals surface area contributed by atoms with Crippen LogP contribution in [0.3, 0.4) is 0 Å². The molecule has 0 saturated carbocycles. The van der Waals surface area contributed by atoms with Crippen LogP contribution >= 0.6 is 0 Å². The number of anilines is 1. The number of aromatic nitrogens is 4. The van der Waals surface area contributed by atoms with Gasteiger partial charge in [0.15, 0.2) is 5.65 Å². The average molecular weight is 353 g/mol. The number of methoxy groups -OCH3 is 1. The van der Waals surface area contributed by atoms with E-state index in [9.17, 15) is 0 Å². The first kappa shape index (κ1) is 16.8. The maximum atomic E-state index is 5.70. The number of hydrogen-bond acceptors (Lipinski definition) is 6. The number of rotatable bonds is 6. The highest BCUT2D eigenvalue weighted by Gasteiger charge is 2.18. The van der Waals surface area contributed by atoms with E-state index in [4.69, 9.17) is 14.5 Å². The zero-order valence-corrected chi connectivity index (χ0v) is 15.1. The minimum Gasteiger partial charge on any atom is -0.497 e. The Balaban J connectivity index is 1.69. The van der Waals surface area contributed by atoms with Gasteiger partial charge in [-0.2, -0.15) is 5.10 Å². The summed E-state index contributed by atoms with van der Waals surface area (Å²) in [4.78, 5) is 9.36. The molecular formula is C19H23N5O2. The highest BCUT2D eigenvalue weighted by molar-refractivity contribution is 5.87. The highest BCUT2D eigenvalue weighted by atomic mass is 16.5. The van der Waals surface area contributed by atoms with Crippen molar-refractivity contribution in [3.05, 3.63) is 36.3 Å². The zero-order valence-electron chi connectivity index (χ0n) is 15.1. The van der Waals surface area contributed by atoms with Crippen LogP contribution in [0.2, 0.25) is 0 Å². The Kier molecular flexibility index (Phi) is 4.71. The molecule has 1 unspecified atom stereocenters. The summed E-state index contributed by atoms with van der Waals surface area (Å²) >= 11 is 0. The van der Waals surface area contributed by atoms with Crippen LogP contribution in [0.5, 0.6) is 5.75 Å². The van der Waals surface area contributed by atoms with E-state index in [1.54, 1.807) is 7.11 Å². The van der Waals surface area contributed by atoms with Crippen molar-refractivity contribution in [2.45, 2.75) is 32.3 Å². The predicted octanol–water partition coefficient (Wildman–Crippen LogP) is 2.98. The molecule has 26 heavy (non-hydrogen) atoms. The van der Waals surface area contributed by atoms with Gasteiger partial charge >= 0.3 is 0 Å². The lowest BCUT2D eigenvalue weighted by Crippen LogP contribution is -2.19. The van der Waals surface area contributed by atoms with E-state index in [0.717, 1.165) is 66.5 Å². The first-order chi connectivity index (χ1) is 12.8. The molecule has 4 rings (SSSR count). The Morgan fingerprint density at radius 1 is 1.27 bits per heavy atom. The maximum absolute atomic E-state index is 5.70. The topological polar surface area (TPSA) is 74.1 Å². The van der Waals surface area contributed by atoms with Crippen LogP contribution in [0.25, 0.3) is 16.7 Å². The van der Waals surface area contributed by atoms with Gasteiger partial charge in [0.05, 0.1) is 30.5 Å². The Morgan fingerprint density at radius 2 is 2.12 bits per heavy atom. The number of hydrogen-bond donors (Lipinski definition) is 1. The van der Waals surface area contributed by atoms with Crippen LogP contribution in [0.1, 0.15) is 25.6 Å². The quantitative estimate of drug-likeness (QED) is 0.734. The van der Waals surface area contributed by atoms with Gasteiger partial charge in [0.25, 0.3) is 0 Å². The molecule has 0 radical (unpaired) electrons. The van der Waals surface area contributed by atoms with E-state index in [0.29, 0.717) is 0 Å². The smallest absolute Gasteiger partial charge is 0.168 e. The number of aryl methyl sites for hydroxylation is 1. The van der Waals surface area contributed by atoms with Crippen molar-refractivity contribution < 1.29 is 9.47 Å². The van der Waals surface area contributed by atoms with E-state index in [1.807, 2.05) is 35.1 Å². The van der Waals surface area contributed by atoms with E-state index in [1.165, 1.54) is 0 Å². The van der Waals surface area contributed by atoms with Crippen LogP contribution in [0, 0.1) is 0 Å². The summed E-state index contributed by atoms with van der Waals surface area (Å²) in [6.07, 6.45) is 5.05. The second-order valence-corrected chi connectivity index (χ2v) is 6.35. The molecule has 2 aromatic heterocycles. The lowest BCUT2D eigenvalue weighted by Gasteiger charge is -2.13. The lowest BCUT2D eigenvalue weighted by molar-refractivity contribution is 0.120. The van der Waals surface area contributed by atoms with Gasteiger partial charge in [0.2, 0.25) is 0 Å². The van der Waals surface area contributed by atoms with Crippen molar-refractivity contribution in [2.75, 3.05) is 25.6 Å². The first-order valence-electron chi connectivity index (χ1n) is 9.03. The SMILES string of the molecule is CCc1nc(NCC2CCCO2)c2cnn(-c3ccc(OC)cc3)c2n1. The van der Waals surface area contributed by atoms with Crippen molar-refractivity contribution >= 4 is 16.9 Å². The molecule has 7 heteroatoms. The third kappa shape index (κ3) is 3.22. The largest absolute Gasteiger partial charge is 0.497 e. The minimum atomic E-state index is 0.252. The van der Waals surface area contributed by atoms with Crippen molar-refractivity contribution in [1.82, 2.24) is 19.7 Å². The van der Waals surface area contributed by atoms with Crippen LogP contribution in [0.15, 0.2) is 30.5 Å². The molecule has 0 spiro atoms. The van der Waals surface area contributed by atoms with E-state index in [2.05, 4.69) is 22.3 Å². The monoisotopic (exact) mass is 353 g/mol. The summed E-state index contributed by atoms with van der Waals surface area (Å²) in [7, 11) is 1.66. The summed E-state index contributed by atoms with van der Waals surface area (Å²) in [5, 5.41) is 8.89. The molecule has 1 aliphatic heterocycles. The van der Waals surface area contributed by atoms with Gasteiger partial charge < -0.3 is 14.8 Å². The van der Waals surface area contributed by atoms with E-state index in [-0.39, 0.29) is 6.10 Å². The summed E-state index contributed by atoms with van der Waals surface area (Å²) in [6, 6.07) is 7.78. The van der Waals surface area contributed by atoms with Gasteiger partial charge in [0.1, 0.15) is 17.4 Å². The molecule has 0 amide bonds. The van der Waals surface area contributed by atoms with Crippen LogP contribution < -0.4 is 10.1 Å². The van der Waals surface area contributed by atoms with E-state index >= 15 is 0 Å². The van der Waals surface area contributed by atoms with Crippen molar-refractivity contribution in [2.24, 2.45) is 0 Å². The molecule has 1 N–H and O–H groups in total. The molecule has 1 fully saturated rings. The normalized spacial score (nSPS) is 16.9. The molecule has 0 bridgehead atoms. The molecule has 1 aromatic carbocycles. The summed E-state index contributed by atoms with van der Waals surface area (Å²) in [5.41, 5.74) is 1.74. The standard InChI is InChI=1S/C19H23N5O2/c1-3-17-22-18(20-11-15-5-4-10-26-15)16-12-21-24(19(16)23-17)13-6-8-14(25-2)9-7-13/h6-9,12,15H,3-5,10-11H2,1-2H3,(H,20,22,23). The Hall–Kier alpha value is -2.67. The van der Waals surface area contributed by atoms with Gasteiger partial charge in [-0.05, 0) is 37.1 Å². The van der Waals surface area contributed by atoms with Crippen LogP contribution in [0.4, 0.5) is 5.82 Å². The summed E-state index contributed by atoms with van der Waals surface area (Å²) in [6.45, 7) is 3.66. The molecule has 136 valence electrons. The second kappa shape index (κ2) is 7.29. The number of benzene rings is 1. The molecule has 1 aliphatic rings. The molecule has 3 heterocycles. The van der Waals surface area contributed by atoms with E-state index < -0.39 is 0 Å². The van der Waals surface area contributed by atoms with Gasteiger partial charge in [-0.25, -0.2) is 14.6 Å². The average Bonchev–Trinajstić information content (AvgIpc) is 3.35. The van der Waals surface area contributed by atoms with Gasteiger partial charge in [-0.1, -0.05) is 6.92 Å². The fraction of sp³-hybridized carbons (Fsp3) is 0.421. The number of nitrogens with one attached hydrogen (secondary N) is 1. The molecular weight excluding hydrogens is 330 g/mol. The Labute approximate surface area is 152 Å². The lowest BCUT2D eigenvalue weighted by atomic mass is 10.2. The fourth-order valence-electron chi connectivity index (χ4n) is 3.17. The molecule has 0 aliphatic carbocycles. The second-order valence-electron chi connectivity index (χ2n) is 6.35. The molecule has 1 saturated heterocycles. The van der Waals surface area contributed by atoms with Gasteiger partial charge in [-0.15, -0.1) is 0 Å². The first-order valence-corrected chi connectivity index (χ1v) is 9.03. The van der Waals surface area contributed by atoms with Crippen LogP contribution in [-0.4, -0.2) is 46.1 Å². The predicted molar refractivity (Wildman–Crippen MR) is 100 cm³/mol. The molecule has 7 nitrogen and oxygen atoms in total. The number of fused-ring (bicyclic) bond motifs is 1. The maximum Gasteiger partial charge on any atom is 0.168 e. The fourth-order valence-corrected chi connectivity index (χ4v) is 3.17. The summed E-state index contributed by atoms with van der Waals surface area (Å²) < 4.78 is 12.8. The van der Waals surface area contributed by atoms with Crippen molar-refractivity contribution in [1.29, 1.82) is 0 Å². The summed E-state index contributed by atoms with van der Waals surface area (Å²) in [5.74, 6) is 2.43. The number of nitrogens with zero attached hydrogens (tertiary/aromatic N) is 4. The third-order valence-electron chi connectivity index (χ3n) is 4.63.